The van der Waals surface area contributed by atoms with Gasteiger partial charge in [-0.2, -0.15) is 0 Å². The second kappa shape index (κ2) is 6.78. The zero-order valence-electron chi connectivity index (χ0n) is 11.1. The number of piperidine rings is 1. The molecule has 1 fully saturated rings. The number of nitrogens with one attached hydrogen (secondary N) is 1. The Labute approximate surface area is 116 Å². The number of aromatic nitrogens is 2. The molecule has 1 aromatic heterocycles. The summed E-state index contributed by atoms with van der Waals surface area (Å²) in [6.07, 6.45) is 6.00. The quantitative estimate of drug-likeness (QED) is 0.642. The molecule has 0 atom stereocenters. The Morgan fingerprint density at radius 1 is 1.30 bits per heavy atom. The van der Waals surface area contributed by atoms with E-state index in [0.29, 0.717) is 18.9 Å². The van der Waals surface area contributed by atoms with Crippen molar-refractivity contribution in [1.29, 1.82) is 0 Å². The minimum Gasteiger partial charge on any atom is -0.354 e. The summed E-state index contributed by atoms with van der Waals surface area (Å²) in [5.74, 6) is 0.418. The van der Waals surface area contributed by atoms with Crippen LogP contribution in [0.15, 0.2) is 12.4 Å². The summed E-state index contributed by atoms with van der Waals surface area (Å²) in [6, 6.07) is 0. The van der Waals surface area contributed by atoms with E-state index in [-0.39, 0.29) is 11.6 Å². The number of hydrogen-bond acceptors (Lipinski definition) is 6. The molecule has 1 amide bonds. The molecule has 0 spiro atoms. The van der Waals surface area contributed by atoms with E-state index in [4.69, 9.17) is 0 Å². The van der Waals surface area contributed by atoms with Gasteiger partial charge in [0.25, 0.3) is 0 Å². The van der Waals surface area contributed by atoms with Crippen molar-refractivity contribution in [2.45, 2.75) is 25.7 Å². The van der Waals surface area contributed by atoms with E-state index in [1.54, 1.807) is 0 Å². The minimum atomic E-state index is -0.552. The number of nitrogens with zero attached hydrogens (tertiary/aromatic N) is 4. The van der Waals surface area contributed by atoms with Crippen LogP contribution < -0.4 is 5.32 Å². The molecule has 0 aliphatic carbocycles. The van der Waals surface area contributed by atoms with Crippen molar-refractivity contribution in [2.75, 3.05) is 25.0 Å². The molecule has 0 aromatic carbocycles. The Morgan fingerprint density at radius 2 is 1.95 bits per heavy atom. The lowest BCUT2D eigenvalue weighted by Crippen LogP contribution is -2.36. The summed E-state index contributed by atoms with van der Waals surface area (Å²) in [5, 5.41) is 13.3. The van der Waals surface area contributed by atoms with Crippen LogP contribution in [-0.4, -0.2) is 45.3 Å². The maximum atomic E-state index is 11.9. The number of amides is 1. The van der Waals surface area contributed by atoms with Crippen molar-refractivity contribution in [3.05, 3.63) is 22.5 Å². The van der Waals surface area contributed by atoms with Gasteiger partial charge in [0.15, 0.2) is 0 Å². The van der Waals surface area contributed by atoms with Crippen LogP contribution in [0.2, 0.25) is 0 Å². The number of rotatable bonds is 5. The molecule has 0 radical (unpaired) electrons. The van der Waals surface area contributed by atoms with Crippen molar-refractivity contribution < 1.29 is 9.72 Å². The van der Waals surface area contributed by atoms with Gasteiger partial charge in [0, 0.05) is 26.1 Å². The summed E-state index contributed by atoms with van der Waals surface area (Å²) in [6.45, 7) is 2.10. The average molecular weight is 279 g/mol. The number of carbonyl (C=O) groups is 1. The van der Waals surface area contributed by atoms with Gasteiger partial charge in [-0.05, 0) is 19.3 Å². The van der Waals surface area contributed by atoms with Crippen LogP contribution in [0, 0.1) is 10.1 Å². The Morgan fingerprint density at radius 3 is 2.55 bits per heavy atom. The van der Waals surface area contributed by atoms with E-state index < -0.39 is 4.92 Å². The zero-order chi connectivity index (χ0) is 14.4. The molecule has 2 heterocycles. The second-order valence-corrected chi connectivity index (χ2v) is 4.64. The second-order valence-electron chi connectivity index (χ2n) is 4.64. The fraction of sp³-hybridized carbons (Fsp3) is 0.583. The molecular formula is C12H17N5O3. The fourth-order valence-electron chi connectivity index (χ4n) is 2.09. The van der Waals surface area contributed by atoms with Crippen molar-refractivity contribution in [1.82, 2.24) is 14.9 Å². The molecule has 8 nitrogen and oxygen atoms in total. The number of hydrogen-bond donors (Lipinski definition) is 1. The van der Waals surface area contributed by atoms with Crippen molar-refractivity contribution in [3.63, 3.8) is 0 Å². The number of nitro groups is 1. The van der Waals surface area contributed by atoms with Gasteiger partial charge in [0.1, 0.15) is 12.4 Å². The largest absolute Gasteiger partial charge is 0.354 e. The molecule has 1 saturated heterocycles. The summed E-state index contributed by atoms with van der Waals surface area (Å²) in [4.78, 5) is 31.3. The van der Waals surface area contributed by atoms with Gasteiger partial charge in [-0.1, -0.05) is 0 Å². The summed E-state index contributed by atoms with van der Waals surface area (Å²) in [7, 11) is 0. The Bertz CT molecular complexity index is 470. The van der Waals surface area contributed by atoms with Gasteiger partial charge in [-0.15, -0.1) is 0 Å². The van der Waals surface area contributed by atoms with Crippen LogP contribution in [0.4, 0.5) is 11.6 Å². The molecule has 0 unspecified atom stereocenters. The van der Waals surface area contributed by atoms with Gasteiger partial charge < -0.3 is 10.2 Å². The van der Waals surface area contributed by atoms with Crippen LogP contribution in [-0.2, 0) is 4.79 Å². The lowest BCUT2D eigenvalue weighted by molar-refractivity contribution is -0.385. The van der Waals surface area contributed by atoms with Crippen molar-refractivity contribution >= 4 is 17.5 Å². The van der Waals surface area contributed by atoms with Crippen molar-refractivity contribution in [2.24, 2.45) is 0 Å². The highest BCUT2D eigenvalue weighted by molar-refractivity contribution is 5.76. The lowest BCUT2D eigenvalue weighted by atomic mass is 10.1. The van der Waals surface area contributed by atoms with Crippen LogP contribution in [0.3, 0.4) is 0 Å². The average Bonchev–Trinajstić information content (AvgIpc) is 2.48. The first-order chi connectivity index (χ1) is 9.66. The van der Waals surface area contributed by atoms with Crippen LogP contribution in [0.5, 0.6) is 0 Å². The van der Waals surface area contributed by atoms with E-state index in [1.807, 2.05) is 4.90 Å². The molecule has 8 heteroatoms. The zero-order valence-corrected chi connectivity index (χ0v) is 11.1. The normalized spacial score (nSPS) is 14.9. The fourth-order valence-corrected chi connectivity index (χ4v) is 2.09. The van der Waals surface area contributed by atoms with Crippen LogP contribution in [0.25, 0.3) is 0 Å². The van der Waals surface area contributed by atoms with E-state index in [2.05, 4.69) is 15.3 Å². The third-order valence-electron chi connectivity index (χ3n) is 3.18. The highest BCUT2D eigenvalue weighted by Gasteiger charge is 2.15. The van der Waals surface area contributed by atoms with E-state index in [1.165, 1.54) is 6.42 Å². The molecule has 108 valence electrons. The van der Waals surface area contributed by atoms with Crippen LogP contribution in [0.1, 0.15) is 25.7 Å². The topological polar surface area (TPSA) is 101 Å². The highest BCUT2D eigenvalue weighted by atomic mass is 16.6. The van der Waals surface area contributed by atoms with Crippen molar-refractivity contribution in [3.8, 4) is 0 Å². The predicted octanol–water partition coefficient (Wildman–Crippen LogP) is 1.20. The maximum absolute atomic E-state index is 11.9. The highest BCUT2D eigenvalue weighted by Crippen LogP contribution is 2.10. The minimum absolute atomic E-state index is 0.124. The molecule has 0 bridgehead atoms. The first kappa shape index (κ1) is 14.2. The SMILES string of the molecule is O=C(CCNc1ncc([N+](=O)[O-])cn1)N1CCCCC1. The van der Waals surface area contributed by atoms with Gasteiger partial charge >= 0.3 is 5.69 Å². The first-order valence-corrected chi connectivity index (χ1v) is 6.65. The van der Waals surface area contributed by atoms with Gasteiger partial charge in [0.05, 0.1) is 4.92 Å². The number of anilines is 1. The molecule has 1 aromatic rings. The third-order valence-corrected chi connectivity index (χ3v) is 3.18. The predicted molar refractivity (Wildman–Crippen MR) is 72.2 cm³/mol. The Hall–Kier alpha value is -2.25. The standard InChI is InChI=1S/C12H17N5O3/c18-11(16-6-2-1-3-7-16)4-5-13-12-14-8-10(9-15-12)17(19)20/h8-9H,1-7H2,(H,13,14,15). The van der Waals surface area contributed by atoms with Crippen LogP contribution >= 0.6 is 0 Å². The van der Waals surface area contributed by atoms with E-state index >= 15 is 0 Å². The van der Waals surface area contributed by atoms with E-state index in [0.717, 1.165) is 38.3 Å². The summed E-state index contributed by atoms with van der Waals surface area (Å²) < 4.78 is 0. The first-order valence-electron chi connectivity index (χ1n) is 6.65. The third kappa shape index (κ3) is 3.87. The number of likely N-dealkylation sites (tertiary alicyclic amines) is 1. The van der Waals surface area contributed by atoms with Gasteiger partial charge in [0.2, 0.25) is 11.9 Å². The maximum Gasteiger partial charge on any atom is 0.305 e. The monoisotopic (exact) mass is 279 g/mol. The molecule has 1 N–H and O–H groups in total. The van der Waals surface area contributed by atoms with E-state index in [9.17, 15) is 14.9 Å². The van der Waals surface area contributed by atoms with Gasteiger partial charge in [-0.3, -0.25) is 14.9 Å². The lowest BCUT2D eigenvalue weighted by Gasteiger charge is -2.26. The summed E-state index contributed by atoms with van der Waals surface area (Å²) >= 11 is 0. The number of carbonyl (C=O) groups excluding carboxylic acids is 1. The molecule has 1 aliphatic heterocycles. The molecule has 0 saturated carbocycles. The molecule has 20 heavy (non-hydrogen) atoms. The molecule has 2 rings (SSSR count). The summed E-state index contributed by atoms with van der Waals surface area (Å²) in [5.41, 5.74) is -0.153. The molecular weight excluding hydrogens is 262 g/mol. The molecule has 1 aliphatic rings. The van der Waals surface area contributed by atoms with Gasteiger partial charge in [-0.25, -0.2) is 9.97 Å². The Balaban J connectivity index is 1.74. The Kier molecular flexibility index (Phi) is 4.80. The smallest absolute Gasteiger partial charge is 0.305 e.